The van der Waals surface area contributed by atoms with Gasteiger partial charge in [0.1, 0.15) is 18.0 Å². The highest BCUT2D eigenvalue weighted by molar-refractivity contribution is 7.21. The highest BCUT2D eigenvalue weighted by Gasteiger charge is 2.32. The van der Waals surface area contributed by atoms with Gasteiger partial charge in [-0.15, -0.1) is 79.6 Å². The van der Waals surface area contributed by atoms with Crippen molar-refractivity contribution in [2.75, 3.05) is 31.0 Å². The minimum absolute atomic E-state index is 0. The molecule has 0 bridgehead atoms. The second kappa shape index (κ2) is 44.6. The molecule has 9 heterocycles. The van der Waals surface area contributed by atoms with Gasteiger partial charge in [-0.1, -0.05) is 135 Å². The number of nitrogens with one attached hydrogen (secondary N) is 1. The van der Waals surface area contributed by atoms with Gasteiger partial charge < -0.3 is 30.1 Å². The number of ketones is 4. The number of hydrogen-bond acceptors (Lipinski definition) is 19. The van der Waals surface area contributed by atoms with Crippen LogP contribution in [0.2, 0.25) is 0 Å². The number of pyridine rings is 1. The third-order valence-corrected chi connectivity index (χ3v) is 30.2. The summed E-state index contributed by atoms with van der Waals surface area (Å²) in [4.78, 5) is 112. The standard InChI is InChI=1S/C24H21NO3S.C14H14O3S.C12H11ClOS.C12H11NO2.C12H12OS.C11H9ClOS.C11H10O2S.C4H8O.CH4/c1-13-15-7-4-5-9-19(15)29-20(13)12-18-23(26)21(24(27)28)17-11-10-14-6-2-3-8-16(14)22(17)25-18;1-9-12-5-3-4-6-13(12)18-14(9)7-11(16)8-17-10(2)15;1-8-10-4-2-3-5-11(10)15-12(8)6-9(14)7-13;14-11-9-6-5-7-3-1-2-4-8(7)10(9)13-12(11)15;1-8(13)7-12-9(2)10-5-3-4-6-11(10)14-12;2*1-7-8-4-2-3-5-9(8)14-10(7)6-11(12)13;1-2-4-5-3-1;/h4-5,7,9-11,26H,2-3,6,8,12H2,1H3,(H,27,28);3-6H,7-8H2,1-2H3;2-5H,6-7H2,1H3;5-6H,1-4H2,(H,13,14,15);3-6H,7H2,1-2H3;2-5H,6H2,1H3;2-5H,6H2,1H3,(H,12,13);1-4H2;1H4. The summed E-state index contributed by atoms with van der Waals surface area (Å²) >= 11 is 20.8. The average molecular weight is 1830 g/mol. The van der Waals surface area contributed by atoms with Crippen LogP contribution in [0.5, 0.6) is 5.75 Å². The molecule has 0 atom stereocenters. The Morgan fingerprint density at radius 1 is 0.456 bits per heavy atom. The van der Waals surface area contributed by atoms with E-state index in [2.05, 4.69) is 80.7 Å². The maximum atomic E-state index is 12.0. The molecule has 2 aliphatic carbocycles. The molecular formula is C101H100Cl2N2O14S6. The van der Waals surface area contributed by atoms with E-state index in [-0.39, 0.29) is 60.2 Å². The number of esters is 1. The number of hydrogen-bond donors (Lipinski definition) is 4. The second-order valence-electron chi connectivity index (χ2n) is 30.7. The minimum Gasteiger partial charge on any atom is -0.505 e. The number of anilines is 1. The number of Topliss-reactive ketones (excluding diaryl/α,β-unsaturated/α-hetero) is 4. The molecule has 4 aliphatic rings. The number of aryl methyl sites for hydroxylation is 9. The molecule has 7 aromatic heterocycles. The van der Waals surface area contributed by atoms with Gasteiger partial charge in [0.15, 0.2) is 17.3 Å². The van der Waals surface area contributed by atoms with Gasteiger partial charge in [-0.25, -0.2) is 9.78 Å². The van der Waals surface area contributed by atoms with Crippen molar-refractivity contribution in [3.8, 4) is 5.75 Å². The van der Waals surface area contributed by atoms with E-state index in [0.29, 0.717) is 48.7 Å². The monoisotopic (exact) mass is 1830 g/mol. The minimum atomic E-state index is -1.11. The maximum Gasteiger partial charge on any atom is 0.340 e. The van der Waals surface area contributed by atoms with E-state index >= 15 is 0 Å². The van der Waals surface area contributed by atoms with Crippen LogP contribution in [-0.2, 0) is 107 Å². The fourth-order valence-corrected chi connectivity index (χ4v) is 23.2. The van der Waals surface area contributed by atoms with Gasteiger partial charge in [-0.3, -0.25) is 38.4 Å². The molecule has 1 fully saturated rings. The first-order chi connectivity index (χ1) is 59.7. The lowest BCUT2D eigenvalue weighted by atomic mass is 9.88. The van der Waals surface area contributed by atoms with E-state index in [1.165, 1.54) is 131 Å². The van der Waals surface area contributed by atoms with Gasteiger partial charge in [0.25, 0.3) is 11.7 Å². The second-order valence-corrected chi connectivity index (χ2v) is 38.2. The summed E-state index contributed by atoms with van der Waals surface area (Å²) in [5.41, 5.74) is 14.4. The Bertz CT molecular complexity index is 6310. The van der Waals surface area contributed by atoms with E-state index in [9.17, 15) is 53.4 Å². The molecular weight excluding hydrogens is 1730 g/mol. The van der Waals surface area contributed by atoms with Crippen LogP contribution in [0.4, 0.5) is 5.69 Å². The molecule has 1 amide bonds. The van der Waals surface area contributed by atoms with Crippen molar-refractivity contribution in [3.63, 3.8) is 0 Å². The number of benzene rings is 8. The number of nitrogens with zero attached hydrogens (tertiary/aromatic N) is 1. The van der Waals surface area contributed by atoms with Crippen LogP contribution in [0.15, 0.2) is 170 Å². The molecule has 0 spiro atoms. The summed E-state index contributed by atoms with van der Waals surface area (Å²) in [5, 5.41) is 39.7. The highest BCUT2D eigenvalue weighted by Crippen LogP contribution is 2.41. The van der Waals surface area contributed by atoms with Crippen LogP contribution in [0.3, 0.4) is 0 Å². The van der Waals surface area contributed by atoms with Gasteiger partial charge in [0, 0.05) is 109 Å². The first-order valence-corrected chi connectivity index (χ1v) is 46.9. The van der Waals surface area contributed by atoms with Gasteiger partial charge in [-0.2, -0.15) is 0 Å². The number of ether oxygens (including phenoxy) is 2. The molecule has 1 saturated heterocycles. The number of carboxylic acids is 2. The van der Waals surface area contributed by atoms with E-state index in [0.717, 1.165) is 110 Å². The number of rotatable bonds is 16. The van der Waals surface area contributed by atoms with Gasteiger partial charge in [0.2, 0.25) is 5.24 Å². The molecule has 4 N–H and O–H groups in total. The summed E-state index contributed by atoms with van der Waals surface area (Å²) < 4.78 is 16.9. The highest BCUT2D eigenvalue weighted by atomic mass is 35.5. The zero-order chi connectivity index (χ0) is 88.4. The molecule has 19 rings (SSSR count). The number of halogens is 2. The van der Waals surface area contributed by atoms with E-state index in [4.69, 9.17) is 42.8 Å². The van der Waals surface area contributed by atoms with Crippen LogP contribution in [0, 0.1) is 41.5 Å². The van der Waals surface area contributed by atoms with Crippen molar-refractivity contribution < 1.29 is 67.9 Å². The summed E-state index contributed by atoms with van der Waals surface area (Å²) in [6, 6.07) is 56.6. The fourth-order valence-electron chi connectivity index (χ4n) is 15.5. The number of aromatic hydroxyl groups is 1. The Labute approximate surface area is 761 Å². The molecule has 125 heavy (non-hydrogen) atoms. The number of carbonyl (C=O) groups excluding carboxylic acids is 7. The summed E-state index contributed by atoms with van der Waals surface area (Å²) in [6.07, 6.45) is 13.4. The van der Waals surface area contributed by atoms with Crippen molar-refractivity contribution in [1.29, 1.82) is 0 Å². The summed E-state index contributed by atoms with van der Waals surface area (Å²) in [6.45, 7) is 17.1. The van der Waals surface area contributed by atoms with E-state index in [1.807, 2.05) is 130 Å². The maximum absolute atomic E-state index is 12.0. The zero-order valence-electron chi connectivity index (χ0n) is 70.3. The molecule has 24 heteroatoms. The van der Waals surface area contributed by atoms with E-state index < -0.39 is 29.6 Å². The SMILES string of the molecule is C.C1CCOC1.CC(=O)Cc1sc2ccccc2c1C.CC(=O)OCC(=O)Cc1sc2ccccc2c1C.Cc1c(CC(=O)CCl)sc2ccccc12.Cc1c(CC(=O)Cl)sc2ccccc12.Cc1c(CC(=O)O)sc2ccccc12.Cc1c(Cc2nc3c4c(ccc3c(C(=O)O)c2O)CCCC4)sc2ccccc12.O=C1Nc2c(ccc3c2CCCC3)C1=O. The third-order valence-electron chi connectivity index (χ3n) is 22.1. The number of aromatic nitrogens is 1. The lowest BCUT2D eigenvalue weighted by molar-refractivity contribution is -0.145. The lowest BCUT2D eigenvalue weighted by Crippen LogP contribution is -2.13. The fraction of sp³-hybridized carbons (Fsp3) is 0.287. The Kier molecular flexibility index (Phi) is 33.9. The van der Waals surface area contributed by atoms with Crippen molar-refractivity contribution >= 4 is 221 Å². The van der Waals surface area contributed by atoms with Gasteiger partial charge in [-0.05, 0) is 255 Å². The van der Waals surface area contributed by atoms with Crippen molar-refractivity contribution in [3.05, 3.63) is 272 Å². The predicted molar refractivity (Wildman–Crippen MR) is 517 cm³/mol. The largest absolute Gasteiger partial charge is 0.505 e. The van der Waals surface area contributed by atoms with Gasteiger partial charge >= 0.3 is 17.9 Å². The summed E-state index contributed by atoms with van der Waals surface area (Å²) in [7, 11) is 0. The lowest BCUT2D eigenvalue weighted by Gasteiger charge is -2.19. The molecule has 648 valence electrons. The van der Waals surface area contributed by atoms with Crippen molar-refractivity contribution in [1.82, 2.24) is 4.98 Å². The molecule has 0 saturated carbocycles. The number of fused-ring (bicyclic) bond motifs is 12. The van der Waals surface area contributed by atoms with Crippen molar-refractivity contribution in [2.24, 2.45) is 0 Å². The topological polar surface area (TPSA) is 258 Å². The predicted octanol–water partition coefficient (Wildman–Crippen LogP) is 24.9. The van der Waals surface area contributed by atoms with E-state index in [1.54, 1.807) is 81.0 Å². The molecule has 2 aliphatic heterocycles. The number of amides is 1. The number of carbonyl (C=O) groups is 9. The Hall–Kier alpha value is -10.5. The molecule has 0 unspecified atom stereocenters. The zero-order valence-corrected chi connectivity index (χ0v) is 76.7. The first-order valence-electron chi connectivity index (χ1n) is 41.1. The number of thiophene rings is 6. The van der Waals surface area contributed by atoms with Crippen LogP contribution >= 0.6 is 91.2 Å². The Morgan fingerprint density at radius 2 is 0.832 bits per heavy atom. The smallest absolute Gasteiger partial charge is 0.340 e. The normalized spacial score (nSPS) is 12.8. The van der Waals surface area contributed by atoms with Crippen molar-refractivity contribution in [2.45, 2.75) is 166 Å². The quantitative estimate of drug-likeness (QED) is 0.0303. The molecule has 16 nitrogen and oxygen atoms in total. The molecule has 15 aromatic rings. The Morgan fingerprint density at radius 3 is 1.22 bits per heavy atom. The number of alkyl halides is 1. The number of aromatic carboxylic acids is 1. The van der Waals surface area contributed by atoms with Crippen LogP contribution in [-0.4, -0.2) is 98.2 Å². The molecule has 0 radical (unpaired) electrons. The van der Waals surface area contributed by atoms with Gasteiger partial charge in [0.05, 0.1) is 41.2 Å². The number of carboxylic acid groups (broad SMARTS) is 2. The Balaban J connectivity index is 0.000000143. The third kappa shape index (κ3) is 23.8. The average Bonchev–Trinajstić information content (AvgIpc) is 1.61. The van der Waals surface area contributed by atoms with Crippen LogP contribution < -0.4 is 5.32 Å². The number of aliphatic carboxylic acids is 1. The van der Waals surface area contributed by atoms with Crippen LogP contribution in [0.25, 0.3) is 71.4 Å². The summed E-state index contributed by atoms with van der Waals surface area (Å²) in [5.74, 6) is -3.02. The van der Waals surface area contributed by atoms with Crippen LogP contribution in [0.1, 0.15) is 171 Å². The molecule has 8 aromatic carbocycles. The first kappa shape index (κ1) is 95.2.